The third-order valence-corrected chi connectivity index (χ3v) is 1.42. The summed E-state index contributed by atoms with van der Waals surface area (Å²) in [7, 11) is 0. The Bertz CT molecular complexity index is 292. The van der Waals surface area contributed by atoms with Crippen LogP contribution in [0.2, 0.25) is 0 Å². The molecule has 1 aromatic heterocycles. The molecule has 6 heteroatoms. The minimum atomic E-state index is -3.03. The topological polar surface area (TPSA) is 33.1 Å². The van der Waals surface area contributed by atoms with Crippen molar-refractivity contribution < 1.29 is 22.7 Å². The van der Waals surface area contributed by atoms with Gasteiger partial charge in [-0.15, -0.1) is 0 Å². The molecular weight excluding hydrogens is 190 g/mol. The van der Waals surface area contributed by atoms with E-state index in [1.54, 1.807) is 0 Å². The van der Waals surface area contributed by atoms with E-state index in [1.165, 1.54) is 0 Å². The van der Waals surface area contributed by atoms with E-state index < -0.39 is 36.1 Å². The third-order valence-electron chi connectivity index (χ3n) is 1.42. The minimum absolute atomic E-state index is 0.402. The smallest absolute Gasteiger partial charge is 0.280 e. The number of aliphatic hydroxyl groups excluding tert-OH is 1. The Morgan fingerprint density at radius 1 is 1.38 bits per heavy atom. The van der Waals surface area contributed by atoms with Gasteiger partial charge in [0, 0.05) is 6.07 Å². The number of hydrogen-bond donors (Lipinski definition) is 1. The lowest BCUT2D eigenvalue weighted by Crippen LogP contribution is -2.02. The molecule has 0 unspecified atom stereocenters. The Labute approximate surface area is 70.8 Å². The maximum Gasteiger partial charge on any atom is 0.280 e. The minimum Gasteiger partial charge on any atom is -0.391 e. The summed E-state index contributed by atoms with van der Waals surface area (Å²) in [6, 6.07) is 0.402. The van der Waals surface area contributed by atoms with Crippen LogP contribution in [0.3, 0.4) is 0 Å². The second-order valence-electron chi connectivity index (χ2n) is 2.26. The van der Waals surface area contributed by atoms with Gasteiger partial charge < -0.3 is 5.11 Å². The predicted molar refractivity (Wildman–Crippen MR) is 35.0 cm³/mol. The summed E-state index contributed by atoms with van der Waals surface area (Å²) in [5.74, 6) is -2.62. The Kier molecular flexibility index (Phi) is 2.82. The van der Waals surface area contributed by atoms with Crippen LogP contribution in [0.25, 0.3) is 0 Å². The highest BCUT2D eigenvalue weighted by molar-refractivity contribution is 5.18. The number of aliphatic hydroxyl groups is 1. The second kappa shape index (κ2) is 3.69. The molecule has 1 rings (SSSR count). The molecule has 0 aromatic carbocycles. The van der Waals surface area contributed by atoms with Crippen molar-refractivity contribution in [2.45, 2.75) is 13.0 Å². The lowest BCUT2D eigenvalue weighted by atomic mass is 10.2. The van der Waals surface area contributed by atoms with E-state index in [-0.39, 0.29) is 0 Å². The zero-order chi connectivity index (χ0) is 10.0. The predicted octanol–water partition coefficient (Wildman–Crippen LogP) is 1.79. The summed E-state index contributed by atoms with van der Waals surface area (Å²) in [5.41, 5.74) is -1.68. The number of alkyl halides is 2. The number of halogens is 4. The molecule has 0 spiro atoms. The molecule has 0 aliphatic rings. The van der Waals surface area contributed by atoms with Crippen molar-refractivity contribution in [2.75, 3.05) is 0 Å². The molecule has 1 heterocycles. The molecule has 72 valence electrons. The van der Waals surface area contributed by atoms with Crippen LogP contribution in [0.5, 0.6) is 0 Å². The van der Waals surface area contributed by atoms with Crippen molar-refractivity contribution in [3.8, 4) is 0 Å². The van der Waals surface area contributed by atoms with Gasteiger partial charge in [-0.05, 0) is 0 Å². The Hall–Kier alpha value is -1.17. The highest BCUT2D eigenvalue weighted by Crippen LogP contribution is 2.20. The molecule has 0 saturated heterocycles. The first-order valence-corrected chi connectivity index (χ1v) is 3.30. The fraction of sp³-hybridized carbons (Fsp3) is 0.286. The van der Waals surface area contributed by atoms with Gasteiger partial charge in [0.15, 0.2) is 0 Å². The van der Waals surface area contributed by atoms with E-state index in [2.05, 4.69) is 4.98 Å². The molecule has 13 heavy (non-hydrogen) atoms. The van der Waals surface area contributed by atoms with Gasteiger partial charge >= 0.3 is 0 Å². The normalized spacial score (nSPS) is 10.9. The van der Waals surface area contributed by atoms with Crippen molar-refractivity contribution in [3.63, 3.8) is 0 Å². The van der Waals surface area contributed by atoms with Gasteiger partial charge in [-0.1, -0.05) is 0 Å². The summed E-state index contributed by atoms with van der Waals surface area (Å²) >= 11 is 0. The number of rotatable bonds is 2. The zero-order valence-electron chi connectivity index (χ0n) is 6.27. The van der Waals surface area contributed by atoms with E-state index in [1.807, 2.05) is 0 Å². The summed E-state index contributed by atoms with van der Waals surface area (Å²) in [6.07, 6.45) is -3.03. The number of nitrogens with zero attached hydrogens (tertiary/aromatic N) is 1. The standard InChI is InChI=1S/C7H5F4NO/c8-4-1-5(6(9)10)12-7(11)3(4)2-13/h1,6,13H,2H2. The first-order chi connectivity index (χ1) is 6.06. The maximum atomic E-state index is 12.7. The van der Waals surface area contributed by atoms with Crippen LogP contribution in [0, 0.1) is 11.8 Å². The summed E-state index contributed by atoms with van der Waals surface area (Å²) in [4.78, 5) is 2.79. The summed E-state index contributed by atoms with van der Waals surface area (Å²) in [5, 5.41) is 8.42. The maximum absolute atomic E-state index is 12.7. The van der Waals surface area contributed by atoms with Crippen LogP contribution in [0.4, 0.5) is 17.6 Å². The van der Waals surface area contributed by atoms with Gasteiger partial charge in [0.25, 0.3) is 6.43 Å². The molecule has 0 fully saturated rings. The van der Waals surface area contributed by atoms with E-state index in [0.717, 1.165) is 0 Å². The lowest BCUT2D eigenvalue weighted by Gasteiger charge is -2.03. The highest BCUT2D eigenvalue weighted by atomic mass is 19.3. The van der Waals surface area contributed by atoms with Gasteiger partial charge in [-0.2, -0.15) is 4.39 Å². The van der Waals surface area contributed by atoms with Crippen molar-refractivity contribution >= 4 is 0 Å². The van der Waals surface area contributed by atoms with Crippen molar-refractivity contribution in [1.29, 1.82) is 0 Å². The molecule has 1 aromatic rings. The SMILES string of the molecule is OCc1c(F)cc(C(F)F)nc1F. The molecular formula is C7H5F4NO. The summed E-state index contributed by atoms with van der Waals surface area (Å²) in [6.45, 7) is -0.909. The monoisotopic (exact) mass is 195 g/mol. The van der Waals surface area contributed by atoms with Crippen LogP contribution in [-0.2, 0) is 6.61 Å². The largest absolute Gasteiger partial charge is 0.391 e. The van der Waals surface area contributed by atoms with Gasteiger partial charge in [0.1, 0.15) is 11.5 Å². The number of hydrogen-bond acceptors (Lipinski definition) is 2. The van der Waals surface area contributed by atoms with Crippen LogP contribution in [-0.4, -0.2) is 10.1 Å². The Balaban J connectivity index is 3.20. The number of aromatic nitrogens is 1. The summed E-state index contributed by atoms with van der Waals surface area (Å²) < 4.78 is 49.1. The van der Waals surface area contributed by atoms with E-state index in [4.69, 9.17) is 5.11 Å². The van der Waals surface area contributed by atoms with Gasteiger partial charge in [0.2, 0.25) is 5.95 Å². The lowest BCUT2D eigenvalue weighted by molar-refractivity contribution is 0.143. The number of pyridine rings is 1. The first-order valence-electron chi connectivity index (χ1n) is 3.30. The van der Waals surface area contributed by atoms with Crippen molar-refractivity contribution in [2.24, 2.45) is 0 Å². The fourth-order valence-corrected chi connectivity index (χ4v) is 0.781. The quantitative estimate of drug-likeness (QED) is 0.576. The van der Waals surface area contributed by atoms with Crippen LogP contribution in [0.1, 0.15) is 17.7 Å². The van der Waals surface area contributed by atoms with Crippen molar-refractivity contribution in [3.05, 3.63) is 29.1 Å². The van der Waals surface area contributed by atoms with E-state index >= 15 is 0 Å². The molecule has 0 amide bonds. The Morgan fingerprint density at radius 2 is 2.00 bits per heavy atom. The molecule has 0 aliphatic carbocycles. The second-order valence-corrected chi connectivity index (χ2v) is 2.26. The molecule has 0 saturated carbocycles. The molecule has 0 aliphatic heterocycles. The molecule has 0 bridgehead atoms. The van der Waals surface area contributed by atoms with Crippen molar-refractivity contribution in [1.82, 2.24) is 4.98 Å². The van der Waals surface area contributed by atoms with Gasteiger partial charge in [0.05, 0.1) is 12.2 Å². The Morgan fingerprint density at radius 3 is 2.38 bits per heavy atom. The first kappa shape index (κ1) is 9.91. The molecule has 0 atom stereocenters. The van der Waals surface area contributed by atoms with Gasteiger partial charge in [-0.3, -0.25) is 0 Å². The van der Waals surface area contributed by atoms with Crippen LogP contribution < -0.4 is 0 Å². The molecule has 2 nitrogen and oxygen atoms in total. The molecule has 0 radical (unpaired) electrons. The average molecular weight is 195 g/mol. The fourth-order valence-electron chi connectivity index (χ4n) is 0.781. The zero-order valence-corrected chi connectivity index (χ0v) is 6.27. The average Bonchev–Trinajstić information content (AvgIpc) is 2.03. The van der Waals surface area contributed by atoms with Gasteiger partial charge in [-0.25, -0.2) is 18.2 Å². The molecule has 1 N–H and O–H groups in total. The highest BCUT2D eigenvalue weighted by Gasteiger charge is 2.16. The van der Waals surface area contributed by atoms with Crippen LogP contribution >= 0.6 is 0 Å². The third kappa shape index (κ3) is 1.95. The van der Waals surface area contributed by atoms with E-state index in [9.17, 15) is 17.6 Å². The van der Waals surface area contributed by atoms with Crippen LogP contribution in [0.15, 0.2) is 6.07 Å². The van der Waals surface area contributed by atoms with E-state index in [0.29, 0.717) is 6.07 Å².